The molecule has 168 valence electrons. The molecule has 0 aliphatic rings. The van der Waals surface area contributed by atoms with E-state index in [0.717, 1.165) is 4.88 Å². The van der Waals surface area contributed by atoms with E-state index < -0.39 is 30.1 Å². The second-order valence-electron chi connectivity index (χ2n) is 7.08. The largest absolute Gasteiger partial charge is 0.450 e. The Labute approximate surface area is 191 Å². The highest BCUT2D eigenvalue weighted by Crippen LogP contribution is 2.25. The number of carbonyl (C=O) groups is 2. The third kappa shape index (κ3) is 5.29. The van der Waals surface area contributed by atoms with Crippen molar-refractivity contribution in [3.05, 3.63) is 89.1 Å². The van der Waals surface area contributed by atoms with Crippen LogP contribution in [0.3, 0.4) is 0 Å². The van der Waals surface area contributed by atoms with Crippen LogP contribution in [0.4, 0.5) is 8.78 Å². The summed E-state index contributed by atoms with van der Waals surface area (Å²) in [4.78, 5) is 31.3. The number of amides is 1. The lowest BCUT2D eigenvalue weighted by molar-refractivity contribution is -0.133. The number of carbonyl (C=O) groups excluding carboxylic acids is 2. The van der Waals surface area contributed by atoms with E-state index in [0.29, 0.717) is 17.1 Å². The summed E-state index contributed by atoms with van der Waals surface area (Å²) in [7, 11) is 1.53. The molecule has 0 atom stereocenters. The minimum atomic E-state index is -0.874. The first-order chi connectivity index (χ1) is 15.9. The Morgan fingerprint density at radius 1 is 1.06 bits per heavy atom. The van der Waals surface area contributed by atoms with Gasteiger partial charge in [-0.15, -0.1) is 16.4 Å². The number of ether oxygens (including phenoxy) is 1. The van der Waals surface area contributed by atoms with Gasteiger partial charge in [-0.2, -0.15) is 4.98 Å². The number of hydrogen-bond acceptors (Lipinski definition) is 6. The van der Waals surface area contributed by atoms with Gasteiger partial charge in [0.05, 0.1) is 10.6 Å². The molecule has 0 saturated heterocycles. The number of aromatic nitrogens is 3. The van der Waals surface area contributed by atoms with Crippen molar-refractivity contribution >= 4 is 23.2 Å². The van der Waals surface area contributed by atoms with Gasteiger partial charge in [0, 0.05) is 13.6 Å². The highest BCUT2D eigenvalue weighted by Gasteiger charge is 2.22. The molecule has 2 aromatic carbocycles. The van der Waals surface area contributed by atoms with Crippen LogP contribution >= 0.6 is 11.3 Å². The first-order valence-electron chi connectivity index (χ1n) is 9.83. The summed E-state index contributed by atoms with van der Waals surface area (Å²) < 4.78 is 33.2. The monoisotopic (exact) mass is 468 g/mol. The van der Waals surface area contributed by atoms with Crippen molar-refractivity contribution in [1.82, 2.24) is 19.7 Å². The van der Waals surface area contributed by atoms with E-state index in [1.807, 2.05) is 17.5 Å². The number of thiophene rings is 1. The maximum absolute atomic E-state index is 13.3. The lowest BCUT2D eigenvalue weighted by Crippen LogP contribution is -2.31. The molecule has 0 radical (unpaired) electrons. The average molecular weight is 468 g/mol. The molecule has 33 heavy (non-hydrogen) atoms. The van der Waals surface area contributed by atoms with Gasteiger partial charge in [-0.1, -0.05) is 18.2 Å². The number of rotatable bonds is 7. The normalized spacial score (nSPS) is 10.8. The van der Waals surface area contributed by atoms with Crippen LogP contribution in [0.25, 0.3) is 16.4 Å². The second kappa shape index (κ2) is 9.70. The zero-order chi connectivity index (χ0) is 23.4. The Kier molecular flexibility index (Phi) is 6.55. The molecule has 0 unspecified atom stereocenters. The molecule has 4 aromatic rings. The molecule has 7 nitrogen and oxygen atoms in total. The van der Waals surface area contributed by atoms with Crippen molar-refractivity contribution in [2.24, 2.45) is 0 Å². The fourth-order valence-corrected chi connectivity index (χ4v) is 3.72. The van der Waals surface area contributed by atoms with Gasteiger partial charge in [0.15, 0.2) is 12.4 Å². The average Bonchev–Trinajstić information content (AvgIpc) is 3.48. The summed E-state index contributed by atoms with van der Waals surface area (Å²) in [5.41, 5.74) is 1.12. The summed E-state index contributed by atoms with van der Waals surface area (Å²) in [5.74, 6) is -1.99. The Morgan fingerprint density at radius 3 is 2.55 bits per heavy atom. The quantitative estimate of drug-likeness (QED) is 0.382. The second-order valence-corrected chi connectivity index (χ2v) is 8.03. The molecule has 0 spiro atoms. The first kappa shape index (κ1) is 22.3. The highest BCUT2D eigenvalue weighted by molar-refractivity contribution is 7.13. The van der Waals surface area contributed by atoms with Crippen LogP contribution in [0, 0.1) is 11.6 Å². The van der Waals surface area contributed by atoms with Gasteiger partial charge in [-0.25, -0.2) is 18.3 Å². The third-order valence-corrected chi connectivity index (χ3v) is 5.53. The van der Waals surface area contributed by atoms with Gasteiger partial charge in [0.25, 0.3) is 11.7 Å². The van der Waals surface area contributed by atoms with Crippen LogP contribution in [-0.4, -0.2) is 45.2 Å². The fourth-order valence-electron chi connectivity index (χ4n) is 3.03. The fraction of sp³-hybridized carbons (Fsp3) is 0.130. The van der Waals surface area contributed by atoms with E-state index in [2.05, 4.69) is 10.1 Å². The van der Waals surface area contributed by atoms with Gasteiger partial charge < -0.3 is 9.64 Å². The molecule has 2 heterocycles. The van der Waals surface area contributed by atoms with E-state index in [-0.39, 0.29) is 12.4 Å². The third-order valence-electron chi connectivity index (χ3n) is 4.66. The number of likely N-dealkylation sites (N-methyl/N-ethyl adjacent to an activating group) is 1. The summed E-state index contributed by atoms with van der Waals surface area (Å²) in [6.07, 6.45) is 0. The first-order valence-corrected chi connectivity index (χ1v) is 10.7. The van der Waals surface area contributed by atoms with Gasteiger partial charge in [-0.3, -0.25) is 4.79 Å². The van der Waals surface area contributed by atoms with Crippen molar-refractivity contribution in [1.29, 1.82) is 0 Å². The number of halogens is 2. The minimum absolute atomic E-state index is 0.161. The van der Waals surface area contributed by atoms with Crippen LogP contribution < -0.4 is 0 Å². The van der Waals surface area contributed by atoms with Crippen molar-refractivity contribution in [3.63, 3.8) is 0 Å². The van der Waals surface area contributed by atoms with Crippen LogP contribution in [0.15, 0.2) is 66.0 Å². The molecule has 0 aliphatic carbocycles. The molecule has 2 aromatic heterocycles. The maximum Gasteiger partial charge on any atom is 0.378 e. The number of benzene rings is 2. The van der Waals surface area contributed by atoms with E-state index in [1.54, 1.807) is 12.1 Å². The van der Waals surface area contributed by atoms with E-state index in [4.69, 9.17) is 4.74 Å². The zero-order valence-corrected chi connectivity index (χ0v) is 18.3. The maximum atomic E-state index is 13.3. The smallest absolute Gasteiger partial charge is 0.378 e. The van der Waals surface area contributed by atoms with Crippen molar-refractivity contribution in [3.8, 4) is 16.4 Å². The van der Waals surface area contributed by atoms with E-state index >= 15 is 0 Å². The Balaban J connectivity index is 1.47. The predicted molar refractivity (Wildman–Crippen MR) is 118 cm³/mol. The Hall–Kier alpha value is -3.92. The van der Waals surface area contributed by atoms with Crippen molar-refractivity contribution in [2.75, 3.05) is 13.7 Å². The van der Waals surface area contributed by atoms with E-state index in [9.17, 15) is 18.4 Å². The van der Waals surface area contributed by atoms with Crippen LogP contribution in [0.1, 0.15) is 16.2 Å². The summed E-state index contributed by atoms with van der Waals surface area (Å²) in [6.45, 7) is -0.363. The zero-order valence-electron chi connectivity index (χ0n) is 17.4. The molecule has 4 rings (SSSR count). The molecule has 0 bridgehead atoms. The molecule has 0 saturated carbocycles. The summed E-state index contributed by atoms with van der Waals surface area (Å²) in [5, 5.41) is 6.07. The van der Waals surface area contributed by atoms with Crippen molar-refractivity contribution < 1.29 is 23.1 Å². The standard InChI is InChI=1S/C23H18F2N4O3S/c1-28(13-15-4-2-5-17(25)12-15)20(30)14-32-23(31)21-26-22(19-6-3-11-33-19)29(27-21)18-9-7-16(24)8-10-18/h2-12H,13-14H2,1H3. The van der Waals surface area contributed by atoms with Crippen LogP contribution in [0.5, 0.6) is 0 Å². The van der Waals surface area contributed by atoms with Gasteiger partial charge in [0.1, 0.15) is 11.6 Å². The van der Waals surface area contributed by atoms with Gasteiger partial charge in [-0.05, 0) is 53.4 Å². The molecular weight excluding hydrogens is 450 g/mol. The highest BCUT2D eigenvalue weighted by atomic mass is 32.1. The molecule has 0 fully saturated rings. The van der Waals surface area contributed by atoms with E-state index in [1.165, 1.54) is 64.4 Å². The molecular formula is C23H18F2N4O3S. The van der Waals surface area contributed by atoms with Crippen LogP contribution in [-0.2, 0) is 16.1 Å². The number of hydrogen-bond donors (Lipinski definition) is 0. The number of nitrogens with zero attached hydrogens (tertiary/aromatic N) is 4. The predicted octanol–water partition coefficient (Wildman–Crippen LogP) is 4.09. The molecule has 0 N–H and O–H groups in total. The van der Waals surface area contributed by atoms with Crippen LogP contribution in [0.2, 0.25) is 0 Å². The lowest BCUT2D eigenvalue weighted by atomic mass is 10.2. The van der Waals surface area contributed by atoms with Gasteiger partial charge in [0.2, 0.25) is 0 Å². The SMILES string of the molecule is CN(Cc1cccc(F)c1)C(=O)COC(=O)c1nc(-c2cccs2)n(-c2ccc(F)cc2)n1. The topological polar surface area (TPSA) is 77.3 Å². The number of esters is 1. The minimum Gasteiger partial charge on any atom is -0.450 e. The van der Waals surface area contributed by atoms with Crippen molar-refractivity contribution in [2.45, 2.75) is 6.54 Å². The Morgan fingerprint density at radius 2 is 1.85 bits per heavy atom. The Bertz CT molecular complexity index is 1270. The lowest BCUT2D eigenvalue weighted by Gasteiger charge is -2.17. The summed E-state index contributed by atoms with van der Waals surface area (Å²) >= 11 is 1.40. The summed E-state index contributed by atoms with van der Waals surface area (Å²) in [6, 6.07) is 15.1. The van der Waals surface area contributed by atoms with Gasteiger partial charge >= 0.3 is 5.97 Å². The molecule has 10 heteroatoms. The molecule has 0 aliphatic heterocycles. The molecule has 1 amide bonds.